The normalized spacial score (nSPS) is 16.5. The van der Waals surface area contributed by atoms with E-state index >= 15 is 0 Å². The second kappa shape index (κ2) is 12.0. The van der Waals surface area contributed by atoms with Crippen molar-refractivity contribution >= 4 is 41.5 Å². The number of carbonyl (C=O) groups is 1. The Hall–Kier alpha value is -1.65. The molecule has 0 aromatic heterocycles. The zero-order valence-electron chi connectivity index (χ0n) is 16.7. The van der Waals surface area contributed by atoms with Gasteiger partial charge in [-0.2, -0.15) is 0 Å². The summed E-state index contributed by atoms with van der Waals surface area (Å²) < 4.78 is 28.0. The van der Waals surface area contributed by atoms with Crippen molar-refractivity contribution in [3.05, 3.63) is 29.8 Å². The summed E-state index contributed by atoms with van der Waals surface area (Å²) in [4.78, 5) is 19.3. The molecule has 1 amide bonds. The van der Waals surface area contributed by atoms with Crippen molar-refractivity contribution in [3.63, 3.8) is 0 Å². The lowest BCUT2D eigenvalue weighted by Crippen LogP contribution is -2.45. The minimum Gasteiger partial charge on any atom is -0.365 e. The monoisotopic (exact) mass is 509 g/mol. The molecule has 1 atom stereocenters. The first-order chi connectivity index (χ1) is 12.9. The Bertz CT molecular complexity index is 651. The summed E-state index contributed by atoms with van der Waals surface area (Å²) >= 11 is 0. The number of nitrogens with one attached hydrogen (secondary N) is 2. The summed E-state index contributed by atoms with van der Waals surface area (Å²) in [6.07, 6.45) is 2.75. The molecule has 1 saturated heterocycles. The lowest BCUT2D eigenvalue weighted by molar-refractivity contribution is -0.127. The predicted molar refractivity (Wildman–Crippen MR) is 119 cm³/mol. The number of hydrogen-bond donors (Lipinski definition) is 2. The number of rotatable bonds is 7. The Morgan fingerprint density at radius 1 is 1.32 bits per heavy atom. The minimum absolute atomic E-state index is 0. The molecule has 0 aliphatic carbocycles. The number of halogens is 3. The van der Waals surface area contributed by atoms with Gasteiger partial charge in [0.05, 0.1) is 0 Å². The molecule has 2 rings (SSSR count). The Labute approximate surface area is 182 Å². The number of aliphatic imine (C=N–C) groups is 1. The molecule has 158 valence electrons. The van der Waals surface area contributed by atoms with Gasteiger partial charge in [-0.15, -0.1) is 24.0 Å². The maximum atomic E-state index is 14.0. The highest BCUT2D eigenvalue weighted by Crippen LogP contribution is 2.26. The molecule has 1 heterocycles. The molecular weight excluding hydrogens is 479 g/mol. The quantitative estimate of drug-likeness (QED) is 0.257. The van der Waals surface area contributed by atoms with E-state index in [9.17, 15) is 13.6 Å². The fourth-order valence-electron chi connectivity index (χ4n) is 2.89. The van der Waals surface area contributed by atoms with Gasteiger partial charge < -0.3 is 20.4 Å². The van der Waals surface area contributed by atoms with Crippen LogP contribution in [0.5, 0.6) is 0 Å². The number of hydrogen-bond acceptors (Lipinski definition) is 3. The highest BCUT2D eigenvalue weighted by molar-refractivity contribution is 14.0. The van der Waals surface area contributed by atoms with E-state index in [1.165, 1.54) is 23.1 Å². The van der Waals surface area contributed by atoms with Crippen LogP contribution in [-0.2, 0) is 4.79 Å². The van der Waals surface area contributed by atoms with Crippen molar-refractivity contribution < 1.29 is 13.6 Å². The van der Waals surface area contributed by atoms with E-state index in [2.05, 4.69) is 22.5 Å². The number of unbranched alkanes of at least 4 members (excludes halogenated alkanes) is 1. The van der Waals surface area contributed by atoms with Crippen LogP contribution in [0.2, 0.25) is 0 Å². The molecule has 6 nitrogen and oxygen atoms in total. The van der Waals surface area contributed by atoms with Crippen molar-refractivity contribution in [2.24, 2.45) is 4.99 Å². The number of para-hydroxylation sites is 1. The SMILES string of the molecule is CCCCNC(=NCC(=O)N(C)C)NC1CCN(c2c(F)cccc2F)C1.I. The minimum atomic E-state index is -0.554. The second-order valence-electron chi connectivity index (χ2n) is 6.88. The summed E-state index contributed by atoms with van der Waals surface area (Å²) in [5.74, 6) is -0.642. The lowest BCUT2D eigenvalue weighted by atomic mass is 10.2. The average molecular weight is 509 g/mol. The summed E-state index contributed by atoms with van der Waals surface area (Å²) in [5, 5.41) is 6.51. The largest absolute Gasteiger partial charge is 0.365 e. The van der Waals surface area contributed by atoms with Crippen molar-refractivity contribution in [2.75, 3.05) is 45.2 Å². The molecule has 1 aromatic rings. The van der Waals surface area contributed by atoms with Gasteiger partial charge in [0.25, 0.3) is 0 Å². The number of likely N-dealkylation sites (N-methyl/N-ethyl adjacent to an activating group) is 1. The van der Waals surface area contributed by atoms with Gasteiger partial charge in [0.15, 0.2) is 5.96 Å². The van der Waals surface area contributed by atoms with E-state index in [1.807, 2.05) is 0 Å². The van der Waals surface area contributed by atoms with Gasteiger partial charge >= 0.3 is 0 Å². The van der Waals surface area contributed by atoms with Gasteiger partial charge in [-0.05, 0) is 25.0 Å². The highest BCUT2D eigenvalue weighted by atomic mass is 127. The summed E-state index contributed by atoms with van der Waals surface area (Å²) in [5.41, 5.74) is 0.0158. The zero-order valence-corrected chi connectivity index (χ0v) is 19.0. The fraction of sp³-hybridized carbons (Fsp3) is 0.579. The topological polar surface area (TPSA) is 60.0 Å². The van der Waals surface area contributed by atoms with Crippen molar-refractivity contribution in [1.82, 2.24) is 15.5 Å². The summed E-state index contributed by atoms with van der Waals surface area (Å²) in [6.45, 7) is 3.91. The third-order valence-corrected chi connectivity index (χ3v) is 4.48. The fourth-order valence-corrected chi connectivity index (χ4v) is 2.89. The molecule has 2 N–H and O–H groups in total. The Kier molecular flexibility index (Phi) is 10.5. The third-order valence-electron chi connectivity index (χ3n) is 4.48. The molecule has 1 aliphatic heterocycles. The van der Waals surface area contributed by atoms with Gasteiger partial charge in [-0.3, -0.25) is 4.79 Å². The second-order valence-corrected chi connectivity index (χ2v) is 6.88. The van der Waals surface area contributed by atoms with Crippen LogP contribution in [0.1, 0.15) is 26.2 Å². The van der Waals surface area contributed by atoms with Crippen molar-refractivity contribution in [2.45, 2.75) is 32.2 Å². The number of nitrogens with zero attached hydrogens (tertiary/aromatic N) is 3. The van der Waals surface area contributed by atoms with Gasteiger partial charge in [-0.1, -0.05) is 19.4 Å². The van der Waals surface area contributed by atoms with Gasteiger partial charge in [0, 0.05) is 39.8 Å². The molecule has 1 aliphatic rings. The maximum absolute atomic E-state index is 14.0. The van der Waals surface area contributed by atoms with Crippen LogP contribution in [0.4, 0.5) is 14.5 Å². The van der Waals surface area contributed by atoms with Crippen LogP contribution in [0.25, 0.3) is 0 Å². The number of benzene rings is 1. The first-order valence-electron chi connectivity index (χ1n) is 9.36. The molecule has 0 saturated carbocycles. The molecule has 9 heteroatoms. The highest BCUT2D eigenvalue weighted by Gasteiger charge is 2.27. The predicted octanol–water partition coefficient (Wildman–Crippen LogP) is 2.59. The molecule has 0 radical (unpaired) electrons. The van der Waals surface area contributed by atoms with Gasteiger partial charge in [-0.25, -0.2) is 13.8 Å². The van der Waals surface area contributed by atoms with Crippen LogP contribution in [0.15, 0.2) is 23.2 Å². The summed E-state index contributed by atoms with van der Waals surface area (Å²) in [7, 11) is 3.38. The number of guanidine groups is 1. The lowest BCUT2D eigenvalue weighted by Gasteiger charge is -2.21. The molecule has 28 heavy (non-hydrogen) atoms. The van der Waals surface area contributed by atoms with Crippen LogP contribution in [-0.4, -0.2) is 63.1 Å². The summed E-state index contributed by atoms with van der Waals surface area (Å²) in [6, 6.07) is 3.90. The Balaban J connectivity index is 0.00000392. The number of anilines is 1. The molecular formula is C19H30F2IN5O. The number of amides is 1. The average Bonchev–Trinajstić information content (AvgIpc) is 3.07. The van der Waals surface area contributed by atoms with Crippen molar-refractivity contribution in [3.8, 4) is 0 Å². The first kappa shape index (κ1) is 24.4. The molecule has 1 aromatic carbocycles. The van der Waals surface area contributed by atoms with E-state index < -0.39 is 11.6 Å². The van der Waals surface area contributed by atoms with E-state index in [-0.39, 0.29) is 48.2 Å². The van der Waals surface area contributed by atoms with E-state index in [0.717, 1.165) is 25.8 Å². The zero-order chi connectivity index (χ0) is 19.8. The van der Waals surface area contributed by atoms with Crippen LogP contribution >= 0.6 is 24.0 Å². The third kappa shape index (κ3) is 7.06. The molecule has 1 unspecified atom stereocenters. The molecule has 0 bridgehead atoms. The molecule has 0 spiro atoms. The van der Waals surface area contributed by atoms with E-state index in [0.29, 0.717) is 19.0 Å². The maximum Gasteiger partial charge on any atom is 0.243 e. The Morgan fingerprint density at radius 3 is 2.61 bits per heavy atom. The smallest absolute Gasteiger partial charge is 0.243 e. The van der Waals surface area contributed by atoms with Crippen LogP contribution in [0.3, 0.4) is 0 Å². The van der Waals surface area contributed by atoms with Crippen molar-refractivity contribution in [1.29, 1.82) is 0 Å². The molecule has 1 fully saturated rings. The first-order valence-corrected chi connectivity index (χ1v) is 9.36. The van der Waals surface area contributed by atoms with Gasteiger partial charge in [0.1, 0.15) is 23.9 Å². The van der Waals surface area contributed by atoms with Gasteiger partial charge in [0.2, 0.25) is 5.91 Å². The van der Waals surface area contributed by atoms with Crippen LogP contribution in [0, 0.1) is 11.6 Å². The van der Waals surface area contributed by atoms with E-state index in [4.69, 9.17) is 0 Å². The Morgan fingerprint density at radius 2 is 2.00 bits per heavy atom. The van der Waals surface area contributed by atoms with E-state index in [1.54, 1.807) is 19.0 Å². The van der Waals surface area contributed by atoms with Crippen LogP contribution < -0.4 is 15.5 Å². The standard InChI is InChI=1S/C19H29F2N5O.HI/c1-4-5-10-22-19(23-12-17(27)25(2)3)24-14-9-11-26(13-14)18-15(20)7-6-8-16(18)21;/h6-8,14H,4-5,9-13H2,1-3H3,(H2,22,23,24);1H. The number of carbonyl (C=O) groups excluding carboxylic acids is 1.